The third kappa shape index (κ3) is 4.50. The van der Waals surface area contributed by atoms with Gasteiger partial charge in [0.05, 0.1) is 17.0 Å². The Morgan fingerprint density at radius 3 is 2.04 bits per heavy atom. The van der Waals surface area contributed by atoms with Gasteiger partial charge in [-0.1, -0.05) is 0 Å². The van der Waals surface area contributed by atoms with Gasteiger partial charge in [0.2, 0.25) is 0 Å². The molecule has 1 aliphatic rings. The first kappa shape index (κ1) is 19.7. The Morgan fingerprint density at radius 2 is 1.62 bits per heavy atom. The molecule has 142 valence electrons. The molecule has 0 unspecified atom stereocenters. The van der Waals surface area contributed by atoms with Crippen molar-refractivity contribution in [2.45, 2.75) is 52.3 Å². The lowest BCUT2D eigenvalue weighted by atomic mass is 10.1. The third-order valence-corrected chi connectivity index (χ3v) is 4.14. The van der Waals surface area contributed by atoms with Crippen LogP contribution >= 0.6 is 0 Å². The molecule has 1 aromatic rings. The highest BCUT2D eigenvalue weighted by atomic mass is 16.6. The fourth-order valence-corrected chi connectivity index (χ4v) is 3.07. The van der Waals surface area contributed by atoms with Crippen molar-refractivity contribution in [1.29, 1.82) is 0 Å². The quantitative estimate of drug-likeness (QED) is 0.595. The van der Waals surface area contributed by atoms with Crippen LogP contribution in [0.3, 0.4) is 0 Å². The van der Waals surface area contributed by atoms with Crippen LogP contribution < -0.4 is 0 Å². The van der Waals surface area contributed by atoms with E-state index in [0.717, 1.165) is 0 Å². The predicted octanol–water partition coefficient (Wildman–Crippen LogP) is 3.06. The van der Waals surface area contributed by atoms with Crippen molar-refractivity contribution < 1.29 is 19.2 Å². The lowest BCUT2D eigenvalue weighted by Crippen LogP contribution is -2.60. The topological polar surface area (TPSA) is 93.0 Å². The second kappa shape index (κ2) is 7.31. The van der Waals surface area contributed by atoms with E-state index in [-0.39, 0.29) is 29.8 Å². The monoisotopic (exact) mass is 363 g/mol. The first-order valence-electron chi connectivity index (χ1n) is 8.54. The molecule has 0 saturated carbocycles. The van der Waals surface area contributed by atoms with E-state index in [9.17, 15) is 19.7 Å². The lowest BCUT2D eigenvalue weighted by Gasteiger charge is -2.44. The molecule has 8 heteroatoms. The summed E-state index contributed by atoms with van der Waals surface area (Å²) >= 11 is 0. The van der Waals surface area contributed by atoms with Gasteiger partial charge in [-0.3, -0.25) is 19.8 Å². The standard InChI is InChI=1S/C18H25N3O5/c1-12-10-19(11-13(2)20(12)17(23)26-18(3,4)5)16(22)14-6-8-15(9-7-14)21(24)25/h6-9,12-13H,10-11H2,1-5H3/t12-,13-/m0/s1. The van der Waals surface area contributed by atoms with Gasteiger partial charge in [-0.2, -0.15) is 0 Å². The van der Waals surface area contributed by atoms with Gasteiger partial charge in [0.1, 0.15) is 5.60 Å². The van der Waals surface area contributed by atoms with Crippen LogP contribution in [0.25, 0.3) is 0 Å². The summed E-state index contributed by atoms with van der Waals surface area (Å²) in [6.07, 6.45) is -0.389. The Hall–Kier alpha value is -2.64. The van der Waals surface area contributed by atoms with E-state index in [1.54, 1.807) is 9.80 Å². The largest absolute Gasteiger partial charge is 0.444 e. The van der Waals surface area contributed by atoms with Crippen molar-refractivity contribution in [3.8, 4) is 0 Å². The Kier molecular flexibility index (Phi) is 5.53. The minimum Gasteiger partial charge on any atom is -0.444 e. The van der Waals surface area contributed by atoms with E-state index in [1.165, 1.54) is 24.3 Å². The van der Waals surface area contributed by atoms with E-state index in [1.807, 2.05) is 34.6 Å². The third-order valence-electron chi connectivity index (χ3n) is 4.14. The number of hydrogen-bond donors (Lipinski definition) is 0. The number of hydrogen-bond acceptors (Lipinski definition) is 5. The summed E-state index contributed by atoms with van der Waals surface area (Å²) in [6.45, 7) is 9.93. The number of nitro groups is 1. The van der Waals surface area contributed by atoms with Crippen molar-refractivity contribution in [2.75, 3.05) is 13.1 Å². The molecule has 0 N–H and O–H groups in total. The van der Waals surface area contributed by atoms with Crippen molar-refractivity contribution >= 4 is 17.7 Å². The van der Waals surface area contributed by atoms with Crippen molar-refractivity contribution in [3.63, 3.8) is 0 Å². The average Bonchev–Trinajstić information content (AvgIpc) is 2.51. The van der Waals surface area contributed by atoms with Crippen LogP contribution in [-0.4, -0.2) is 57.5 Å². The Balaban J connectivity index is 2.09. The summed E-state index contributed by atoms with van der Waals surface area (Å²) in [5.74, 6) is -0.206. The molecule has 0 spiro atoms. The molecular weight excluding hydrogens is 338 g/mol. The van der Waals surface area contributed by atoms with Crippen molar-refractivity contribution in [2.24, 2.45) is 0 Å². The van der Waals surface area contributed by atoms with Crippen LogP contribution in [0, 0.1) is 10.1 Å². The summed E-state index contributed by atoms with van der Waals surface area (Å²) in [6, 6.07) is 5.14. The maximum Gasteiger partial charge on any atom is 0.410 e. The molecule has 1 fully saturated rings. The normalized spacial score (nSPS) is 20.7. The highest BCUT2D eigenvalue weighted by Crippen LogP contribution is 2.22. The summed E-state index contributed by atoms with van der Waals surface area (Å²) < 4.78 is 5.45. The van der Waals surface area contributed by atoms with Gasteiger partial charge in [-0.15, -0.1) is 0 Å². The second-order valence-corrected chi connectivity index (χ2v) is 7.60. The molecule has 0 bridgehead atoms. The SMILES string of the molecule is C[C@H]1CN(C(=O)c2ccc([N+](=O)[O-])cc2)C[C@H](C)N1C(=O)OC(C)(C)C. The van der Waals surface area contributed by atoms with Crippen LogP contribution in [0.5, 0.6) is 0 Å². The minimum absolute atomic E-state index is 0.0574. The fraction of sp³-hybridized carbons (Fsp3) is 0.556. The van der Waals surface area contributed by atoms with Crippen LogP contribution in [0.1, 0.15) is 45.0 Å². The lowest BCUT2D eigenvalue weighted by molar-refractivity contribution is -0.384. The maximum absolute atomic E-state index is 12.7. The number of piperazine rings is 1. The van der Waals surface area contributed by atoms with Crippen molar-refractivity contribution in [3.05, 3.63) is 39.9 Å². The van der Waals surface area contributed by atoms with Crippen LogP contribution in [0.4, 0.5) is 10.5 Å². The van der Waals surface area contributed by atoms with E-state index < -0.39 is 10.5 Å². The number of carbonyl (C=O) groups excluding carboxylic acids is 2. The van der Waals surface area contributed by atoms with Gasteiger partial charge >= 0.3 is 6.09 Å². The number of carbonyl (C=O) groups is 2. The average molecular weight is 363 g/mol. The molecule has 0 aliphatic carbocycles. The van der Waals surface area contributed by atoms with Crippen molar-refractivity contribution in [1.82, 2.24) is 9.80 Å². The predicted molar refractivity (Wildman–Crippen MR) is 96.0 cm³/mol. The van der Waals surface area contributed by atoms with Crippen LogP contribution in [0.2, 0.25) is 0 Å². The summed E-state index contributed by atoms with van der Waals surface area (Å²) in [5.41, 5.74) is -0.249. The number of amides is 2. The smallest absolute Gasteiger partial charge is 0.410 e. The molecule has 2 amide bonds. The van der Waals surface area contributed by atoms with Gasteiger partial charge in [0.15, 0.2) is 0 Å². The fourth-order valence-electron chi connectivity index (χ4n) is 3.07. The van der Waals surface area contributed by atoms with Crippen LogP contribution in [-0.2, 0) is 4.74 Å². The first-order chi connectivity index (χ1) is 12.0. The van der Waals surface area contributed by atoms with Gasteiger partial charge in [0.25, 0.3) is 11.6 Å². The number of benzene rings is 1. The summed E-state index contributed by atoms with van der Waals surface area (Å²) in [7, 11) is 0. The van der Waals surface area contributed by atoms with E-state index >= 15 is 0 Å². The number of ether oxygens (including phenoxy) is 1. The van der Waals surface area contributed by atoms with E-state index in [0.29, 0.717) is 18.7 Å². The highest BCUT2D eigenvalue weighted by Gasteiger charge is 2.37. The van der Waals surface area contributed by atoms with Gasteiger partial charge in [0, 0.05) is 30.8 Å². The van der Waals surface area contributed by atoms with Crippen LogP contribution in [0.15, 0.2) is 24.3 Å². The van der Waals surface area contributed by atoms with E-state index in [4.69, 9.17) is 4.74 Å². The first-order valence-corrected chi connectivity index (χ1v) is 8.54. The summed E-state index contributed by atoms with van der Waals surface area (Å²) in [4.78, 5) is 38.7. The summed E-state index contributed by atoms with van der Waals surface area (Å²) in [5, 5.41) is 10.7. The molecule has 8 nitrogen and oxygen atoms in total. The zero-order valence-electron chi connectivity index (χ0n) is 15.8. The molecule has 1 saturated heterocycles. The molecule has 1 aromatic carbocycles. The molecule has 0 radical (unpaired) electrons. The zero-order valence-corrected chi connectivity index (χ0v) is 15.8. The minimum atomic E-state index is -0.581. The molecule has 1 heterocycles. The number of non-ortho nitro benzene ring substituents is 1. The van der Waals surface area contributed by atoms with E-state index in [2.05, 4.69) is 0 Å². The Morgan fingerprint density at radius 1 is 1.12 bits per heavy atom. The van der Waals surface area contributed by atoms with Gasteiger partial charge < -0.3 is 9.64 Å². The van der Waals surface area contributed by atoms with Gasteiger partial charge in [-0.25, -0.2) is 4.79 Å². The number of rotatable bonds is 2. The molecule has 2 atom stereocenters. The number of nitrogens with zero attached hydrogens (tertiary/aromatic N) is 3. The maximum atomic E-state index is 12.7. The Bertz CT molecular complexity index is 684. The highest BCUT2D eigenvalue weighted by molar-refractivity contribution is 5.94. The molecule has 0 aromatic heterocycles. The second-order valence-electron chi connectivity index (χ2n) is 7.60. The number of nitro benzene ring substituents is 1. The molecule has 2 rings (SSSR count). The van der Waals surface area contributed by atoms with Gasteiger partial charge in [-0.05, 0) is 46.8 Å². The molecular formula is C18H25N3O5. The zero-order chi connectivity index (χ0) is 19.6. The molecule has 1 aliphatic heterocycles. The molecule has 26 heavy (non-hydrogen) atoms. The Labute approximate surface area is 152 Å².